The van der Waals surface area contributed by atoms with Gasteiger partial charge in [-0.25, -0.2) is 8.78 Å². The van der Waals surface area contributed by atoms with E-state index < -0.39 is 52.1 Å². The van der Waals surface area contributed by atoms with E-state index in [9.17, 15) is 17.6 Å². The number of phenolic OH excluding ortho intramolecular Hbond substituents is 1. The zero-order valence-electron chi connectivity index (χ0n) is 16.4. The lowest BCUT2D eigenvalue weighted by Gasteiger charge is -2.19. The maximum atomic E-state index is 13.9. The average Bonchev–Trinajstić information content (AvgIpc) is 3.16. The van der Waals surface area contributed by atoms with Crippen LogP contribution < -0.4 is 4.74 Å². The number of fused-ring (bicyclic) bond motifs is 3. The van der Waals surface area contributed by atoms with Gasteiger partial charge in [0.25, 0.3) is 0 Å². The van der Waals surface area contributed by atoms with Crippen molar-refractivity contribution >= 4 is 10.9 Å². The Bertz CT molecular complexity index is 1260. The van der Waals surface area contributed by atoms with E-state index in [-0.39, 0.29) is 5.75 Å². The van der Waals surface area contributed by atoms with Gasteiger partial charge in [0.2, 0.25) is 11.6 Å². The van der Waals surface area contributed by atoms with E-state index in [2.05, 4.69) is 24.3 Å². The summed E-state index contributed by atoms with van der Waals surface area (Å²) in [6, 6.07) is 23.6. The molecule has 0 aliphatic carbocycles. The maximum Gasteiger partial charge on any atom is 0.204 e. The van der Waals surface area contributed by atoms with Crippen LogP contribution in [0.5, 0.6) is 11.5 Å². The monoisotopic (exact) mass is 456 g/mol. The van der Waals surface area contributed by atoms with Gasteiger partial charge in [0, 0.05) is 9.79 Å². The minimum absolute atomic E-state index is 0.289. The maximum absolute atomic E-state index is 13.9. The van der Waals surface area contributed by atoms with Gasteiger partial charge in [-0.2, -0.15) is 19.7 Å². The van der Waals surface area contributed by atoms with Gasteiger partial charge in [0.1, 0.15) is 12.4 Å². The number of thiol groups is 1. The summed E-state index contributed by atoms with van der Waals surface area (Å²) in [6.45, 7) is -0.731. The summed E-state index contributed by atoms with van der Waals surface area (Å²) >= 11 is 0. The molecule has 0 bridgehead atoms. The van der Waals surface area contributed by atoms with Crippen LogP contribution >= 0.6 is 10.9 Å². The summed E-state index contributed by atoms with van der Waals surface area (Å²) in [5.41, 5.74) is 1.48. The highest BCUT2D eigenvalue weighted by Gasteiger charge is 2.27. The molecule has 0 unspecified atom stereocenters. The van der Waals surface area contributed by atoms with Gasteiger partial charge in [-0.05, 0) is 52.4 Å². The smallest absolute Gasteiger partial charge is 0.204 e. The number of hydrogen-bond donors (Lipinski definition) is 2. The lowest BCUT2D eigenvalue weighted by Crippen LogP contribution is -2.07. The minimum atomic E-state index is -1.85. The molecule has 7 heteroatoms. The molecule has 0 saturated heterocycles. The van der Waals surface area contributed by atoms with Gasteiger partial charge in [-0.3, -0.25) is 0 Å². The van der Waals surface area contributed by atoms with E-state index in [1.165, 1.54) is 20.9 Å². The second kappa shape index (κ2) is 7.91. The molecule has 5 rings (SSSR count). The Morgan fingerprint density at radius 3 is 1.69 bits per heavy atom. The molecule has 2 nitrogen and oxygen atoms in total. The van der Waals surface area contributed by atoms with Gasteiger partial charge in [-0.1, -0.05) is 36.4 Å². The molecule has 0 spiro atoms. The van der Waals surface area contributed by atoms with Crippen LogP contribution in [0, 0.1) is 23.3 Å². The first-order valence-electron chi connectivity index (χ1n) is 9.72. The summed E-state index contributed by atoms with van der Waals surface area (Å²) in [7, 11) is -0.763. The Kier molecular flexibility index (Phi) is 5.06. The highest BCUT2D eigenvalue weighted by atomic mass is 32.2. The number of halogens is 4. The third kappa shape index (κ3) is 3.20. The Labute approximate surface area is 184 Å². The van der Waals surface area contributed by atoms with Crippen molar-refractivity contribution < 1.29 is 27.4 Å². The molecule has 1 aliphatic rings. The molecular weight excluding hydrogens is 440 g/mol. The largest absolute Gasteiger partial charge is 0.503 e. The zero-order valence-corrected chi connectivity index (χ0v) is 17.3. The van der Waals surface area contributed by atoms with Crippen molar-refractivity contribution in [3.63, 3.8) is 0 Å². The topological polar surface area (TPSA) is 29.5 Å². The van der Waals surface area contributed by atoms with Crippen LogP contribution in [0.3, 0.4) is 0 Å². The first-order chi connectivity index (χ1) is 15.5. The molecule has 1 heterocycles. The number of phenols is 1. The number of ether oxygens (including phenoxy) is 1. The first-order valence-corrected chi connectivity index (χ1v) is 11.1. The summed E-state index contributed by atoms with van der Waals surface area (Å²) in [4.78, 5) is 3.57. The normalized spacial score (nSPS) is 13.1. The second-order valence-corrected chi connectivity index (χ2v) is 9.39. The van der Waals surface area contributed by atoms with Crippen molar-refractivity contribution in [1.82, 2.24) is 0 Å². The molecule has 4 aromatic carbocycles. The molecule has 0 saturated carbocycles. The number of hydrogen-bond acceptors (Lipinski definition) is 2. The highest BCUT2D eigenvalue weighted by Crippen LogP contribution is 2.62. The molecule has 0 fully saturated rings. The number of rotatable bonds is 4. The van der Waals surface area contributed by atoms with Gasteiger partial charge >= 0.3 is 0 Å². The average molecular weight is 456 g/mol. The summed E-state index contributed by atoms with van der Waals surface area (Å²) in [5, 5.41) is 9.08. The van der Waals surface area contributed by atoms with E-state index in [1.807, 2.05) is 36.4 Å². The fraction of sp³-hybridized carbons (Fsp3) is 0.0400. The van der Waals surface area contributed by atoms with E-state index >= 15 is 0 Å². The highest BCUT2D eigenvalue weighted by molar-refractivity contribution is 8.17. The van der Waals surface area contributed by atoms with Crippen LogP contribution in [0.2, 0.25) is 0 Å². The Balaban J connectivity index is 1.42. The standard InChI is InChI=1S/C25H16F4O2S/c26-21-18(22(27)24(29)25(30)23(21)28)13-31-14-9-11-15(12-10-14)32-19-7-3-1-5-16(19)17-6-2-4-8-20(17)32/h1-12,30,32H,13H2. The molecule has 0 aromatic heterocycles. The Hall–Kier alpha value is -3.45. The van der Waals surface area contributed by atoms with Crippen LogP contribution in [0.4, 0.5) is 17.6 Å². The fourth-order valence-corrected chi connectivity index (χ4v) is 6.45. The molecule has 162 valence electrons. The van der Waals surface area contributed by atoms with E-state index in [0.717, 1.165) is 4.90 Å². The number of benzene rings is 4. The molecule has 1 N–H and O–H groups in total. The lowest BCUT2D eigenvalue weighted by atomic mass is 10.1. The molecule has 32 heavy (non-hydrogen) atoms. The third-order valence-electron chi connectivity index (χ3n) is 5.39. The lowest BCUT2D eigenvalue weighted by molar-refractivity contribution is 0.279. The molecule has 0 radical (unpaired) electrons. The molecule has 0 atom stereocenters. The van der Waals surface area contributed by atoms with Crippen LogP contribution in [0.25, 0.3) is 11.1 Å². The van der Waals surface area contributed by atoms with E-state index in [4.69, 9.17) is 9.84 Å². The SMILES string of the molecule is Oc1c(F)c(F)c(COc2ccc([SH]3c4ccccc4-c4ccccc43)cc2)c(F)c1F. The van der Waals surface area contributed by atoms with Crippen LogP contribution in [-0.4, -0.2) is 5.11 Å². The quantitative estimate of drug-likeness (QED) is 0.173. The van der Waals surface area contributed by atoms with Crippen molar-refractivity contribution in [1.29, 1.82) is 0 Å². The summed E-state index contributed by atoms with van der Waals surface area (Å²) in [5.74, 6) is -8.45. The third-order valence-corrected chi connectivity index (χ3v) is 7.95. The van der Waals surface area contributed by atoms with Gasteiger partial charge in [0.15, 0.2) is 17.4 Å². The minimum Gasteiger partial charge on any atom is -0.503 e. The predicted octanol–water partition coefficient (Wildman–Crippen LogP) is 6.99. The Morgan fingerprint density at radius 2 is 1.16 bits per heavy atom. The van der Waals surface area contributed by atoms with Crippen LogP contribution in [0.1, 0.15) is 5.56 Å². The van der Waals surface area contributed by atoms with Crippen LogP contribution in [-0.2, 0) is 6.61 Å². The van der Waals surface area contributed by atoms with Crippen molar-refractivity contribution in [3.8, 4) is 22.6 Å². The van der Waals surface area contributed by atoms with E-state index in [0.29, 0.717) is 0 Å². The van der Waals surface area contributed by atoms with Gasteiger partial charge in [-0.15, -0.1) is 0 Å². The summed E-state index contributed by atoms with van der Waals surface area (Å²) < 4.78 is 60.3. The fourth-order valence-electron chi connectivity index (χ4n) is 3.84. The second-order valence-electron chi connectivity index (χ2n) is 7.24. The molecule has 4 aromatic rings. The predicted molar refractivity (Wildman–Crippen MR) is 114 cm³/mol. The molecule has 1 aliphatic heterocycles. The van der Waals surface area contributed by atoms with E-state index in [1.54, 1.807) is 12.1 Å². The van der Waals surface area contributed by atoms with Crippen molar-refractivity contribution in [2.75, 3.05) is 0 Å². The van der Waals surface area contributed by atoms with Crippen LogP contribution in [0.15, 0.2) is 87.5 Å². The Morgan fingerprint density at radius 1 is 0.656 bits per heavy atom. The van der Waals surface area contributed by atoms with Crippen molar-refractivity contribution in [2.45, 2.75) is 21.3 Å². The number of aromatic hydroxyl groups is 1. The van der Waals surface area contributed by atoms with Gasteiger partial charge < -0.3 is 9.84 Å². The van der Waals surface area contributed by atoms with Crippen molar-refractivity contribution in [2.24, 2.45) is 0 Å². The molecule has 0 amide bonds. The zero-order chi connectivity index (χ0) is 22.4. The summed E-state index contributed by atoms with van der Waals surface area (Å²) in [6.07, 6.45) is 0. The first kappa shape index (κ1) is 20.5. The molecular formula is C25H16F4O2S. The van der Waals surface area contributed by atoms with Crippen molar-refractivity contribution in [3.05, 3.63) is 102 Å². The van der Waals surface area contributed by atoms with Gasteiger partial charge in [0.05, 0.1) is 5.56 Å².